The summed E-state index contributed by atoms with van der Waals surface area (Å²) in [6.45, 7) is 2.82. The average Bonchev–Trinajstić information content (AvgIpc) is 2.48. The Labute approximate surface area is 84.4 Å². The summed E-state index contributed by atoms with van der Waals surface area (Å²) in [7, 11) is 0. The van der Waals surface area contributed by atoms with Gasteiger partial charge in [-0.3, -0.25) is 4.79 Å². The van der Waals surface area contributed by atoms with Crippen LogP contribution in [0.4, 0.5) is 0 Å². The quantitative estimate of drug-likeness (QED) is 0.701. The third kappa shape index (κ3) is 1.54. The number of carboxylic acid groups (broad SMARTS) is 1. The number of ether oxygens (including phenoxy) is 1. The molecule has 3 nitrogen and oxygen atoms in total. The van der Waals surface area contributed by atoms with E-state index in [2.05, 4.69) is 6.92 Å². The van der Waals surface area contributed by atoms with E-state index in [1.807, 2.05) is 0 Å². The van der Waals surface area contributed by atoms with Gasteiger partial charge in [0.15, 0.2) is 0 Å². The van der Waals surface area contributed by atoms with Gasteiger partial charge in [0.1, 0.15) is 0 Å². The van der Waals surface area contributed by atoms with Crippen molar-refractivity contribution < 1.29 is 14.6 Å². The molecule has 14 heavy (non-hydrogen) atoms. The maximum atomic E-state index is 11.1. The molecule has 0 aromatic carbocycles. The molecule has 0 aromatic heterocycles. The van der Waals surface area contributed by atoms with E-state index in [-0.39, 0.29) is 11.5 Å². The van der Waals surface area contributed by atoms with Crippen LogP contribution in [0.2, 0.25) is 0 Å². The molecule has 2 aliphatic rings. The van der Waals surface area contributed by atoms with Crippen LogP contribution in [0.5, 0.6) is 0 Å². The average molecular weight is 198 g/mol. The Kier molecular flexibility index (Phi) is 2.52. The molecule has 3 atom stereocenters. The van der Waals surface area contributed by atoms with E-state index in [1.165, 1.54) is 6.42 Å². The molecule has 0 aromatic rings. The second-order valence-corrected chi connectivity index (χ2v) is 4.79. The summed E-state index contributed by atoms with van der Waals surface area (Å²) in [5.74, 6) is -0.314. The molecule has 3 heteroatoms. The summed E-state index contributed by atoms with van der Waals surface area (Å²) < 4.78 is 5.74. The van der Waals surface area contributed by atoms with Gasteiger partial charge < -0.3 is 9.84 Å². The SMILES string of the molecule is CC1CCCC2(C1)OCCC2C(=O)O. The van der Waals surface area contributed by atoms with E-state index in [0.29, 0.717) is 18.9 Å². The molecule has 80 valence electrons. The Balaban J connectivity index is 2.16. The van der Waals surface area contributed by atoms with Crippen molar-refractivity contribution in [1.29, 1.82) is 0 Å². The zero-order chi connectivity index (χ0) is 10.2. The third-order valence-electron chi connectivity index (χ3n) is 3.72. The van der Waals surface area contributed by atoms with E-state index in [4.69, 9.17) is 9.84 Å². The fourth-order valence-electron chi connectivity index (χ4n) is 3.08. The lowest BCUT2D eigenvalue weighted by molar-refractivity contribution is -0.151. The molecule has 0 bridgehead atoms. The zero-order valence-corrected chi connectivity index (χ0v) is 8.66. The molecule has 1 heterocycles. The van der Waals surface area contributed by atoms with Crippen molar-refractivity contribution >= 4 is 5.97 Å². The zero-order valence-electron chi connectivity index (χ0n) is 8.66. The third-order valence-corrected chi connectivity index (χ3v) is 3.72. The first-order valence-corrected chi connectivity index (χ1v) is 5.51. The van der Waals surface area contributed by atoms with Gasteiger partial charge in [0.25, 0.3) is 0 Å². The standard InChI is InChI=1S/C11H18O3/c1-8-3-2-5-11(7-8)9(10(12)13)4-6-14-11/h8-9H,2-7H2,1H3,(H,12,13). The Morgan fingerprint density at radius 1 is 1.50 bits per heavy atom. The lowest BCUT2D eigenvalue weighted by Gasteiger charge is -2.38. The minimum absolute atomic E-state index is 0.259. The fraction of sp³-hybridized carbons (Fsp3) is 0.909. The minimum atomic E-state index is -0.670. The van der Waals surface area contributed by atoms with Gasteiger partial charge in [-0.15, -0.1) is 0 Å². The molecule has 2 rings (SSSR count). The largest absolute Gasteiger partial charge is 0.481 e. The van der Waals surface area contributed by atoms with Crippen LogP contribution in [-0.4, -0.2) is 23.3 Å². The second-order valence-electron chi connectivity index (χ2n) is 4.79. The summed E-state index contributed by atoms with van der Waals surface area (Å²) in [4.78, 5) is 11.1. The van der Waals surface area contributed by atoms with Crippen LogP contribution in [0.15, 0.2) is 0 Å². The van der Waals surface area contributed by atoms with Crippen LogP contribution >= 0.6 is 0 Å². The first-order valence-electron chi connectivity index (χ1n) is 5.51. The van der Waals surface area contributed by atoms with Crippen LogP contribution in [-0.2, 0) is 9.53 Å². The number of aliphatic carboxylic acids is 1. The molecule has 1 aliphatic heterocycles. The minimum Gasteiger partial charge on any atom is -0.481 e. The number of rotatable bonds is 1. The second kappa shape index (κ2) is 3.54. The molecular formula is C11H18O3. The normalized spacial score (nSPS) is 42.9. The first kappa shape index (κ1) is 9.97. The van der Waals surface area contributed by atoms with Gasteiger partial charge in [-0.25, -0.2) is 0 Å². The van der Waals surface area contributed by atoms with Crippen molar-refractivity contribution in [1.82, 2.24) is 0 Å². The Bertz CT molecular complexity index is 239. The highest BCUT2D eigenvalue weighted by molar-refractivity contribution is 5.72. The van der Waals surface area contributed by atoms with E-state index in [9.17, 15) is 4.79 Å². The van der Waals surface area contributed by atoms with Gasteiger partial charge in [-0.2, -0.15) is 0 Å². The Morgan fingerprint density at radius 3 is 2.93 bits per heavy atom. The monoisotopic (exact) mass is 198 g/mol. The van der Waals surface area contributed by atoms with Gasteiger partial charge in [-0.1, -0.05) is 19.8 Å². The van der Waals surface area contributed by atoms with Gasteiger partial charge >= 0.3 is 5.97 Å². The predicted molar refractivity (Wildman–Crippen MR) is 52.1 cm³/mol. The van der Waals surface area contributed by atoms with Crippen LogP contribution < -0.4 is 0 Å². The highest BCUT2D eigenvalue weighted by Gasteiger charge is 2.49. The van der Waals surface area contributed by atoms with Crippen molar-refractivity contribution in [2.45, 2.75) is 44.6 Å². The lowest BCUT2D eigenvalue weighted by atomic mass is 9.72. The topological polar surface area (TPSA) is 46.5 Å². The summed E-state index contributed by atoms with van der Waals surface area (Å²) in [5, 5.41) is 9.14. The Hall–Kier alpha value is -0.570. The number of hydrogen-bond acceptors (Lipinski definition) is 2. The van der Waals surface area contributed by atoms with Gasteiger partial charge in [0, 0.05) is 6.61 Å². The van der Waals surface area contributed by atoms with E-state index < -0.39 is 5.97 Å². The molecule has 0 radical (unpaired) electrons. The van der Waals surface area contributed by atoms with Gasteiger partial charge in [-0.05, 0) is 25.2 Å². The summed E-state index contributed by atoms with van der Waals surface area (Å²) in [6, 6.07) is 0. The van der Waals surface area contributed by atoms with Crippen molar-refractivity contribution in [2.75, 3.05) is 6.61 Å². The molecule has 1 N–H and O–H groups in total. The molecule has 1 spiro atoms. The molecule has 0 amide bonds. The maximum Gasteiger partial charge on any atom is 0.309 e. The van der Waals surface area contributed by atoms with Gasteiger partial charge in [0.2, 0.25) is 0 Å². The van der Waals surface area contributed by atoms with E-state index >= 15 is 0 Å². The summed E-state index contributed by atoms with van der Waals surface area (Å²) in [5.41, 5.74) is -0.316. The van der Waals surface area contributed by atoms with Crippen molar-refractivity contribution in [3.05, 3.63) is 0 Å². The van der Waals surface area contributed by atoms with Gasteiger partial charge in [0.05, 0.1) is 11.5 Å². The lowest BCUT2D eigenvalue weighted by Crippen LogP contribution is -2.43. The number of carbonyl (C=O) groups is 1. The van der Waals surface area contributed by atoms with Crippen molar-refractivity contribution in [2.24, 2.45) is 11.8 Å². The van der Waals surface area contributed by atoms with Crippen molar-refractivity contribution in [3.63, 3.8) is 0 Å². The molecule has 1 saturated heterocycles. The number of carboxylic acids is 1. The highest BCUT2D eigenvalue weighted by Crippen LogP contribution is 2.45. The maximum absolute atomic E-state index is 11.1. The molecule has 3 unspecified atom stereocenters. The molecule has 1 aliphatic carbocycles. The molecule has 1 saturated carbocycles. The number of hydrogen-bond donors (Lipinski definition) is 1. The van der Waals surface area contributed by atoms with Crippen LogP contribution in [0.1, 0.15) is 39.0 Å². The van der Waals surface area contributed by atoms with E-state index in [0.717, 1.165) is 19.3 Å². The molecule has 2 fully saturated rings. The summed E-state index contributed by atoms with van der Waals surface area (Å²) in [6.07, 6.45) is 4.91. The molecular weight excluding hydrogens is 180 g/mol. The fourth-order valence-corrected chi connectivity index (χ4v) is 3.08. The Morgan fingerprint density at radius 2 is 2.29 bits per heavy atom. The highest BCUT2D eigenvalue weighted by atomic mass is 16.5. The summed E-state index contributed by atoms with van der Waals surface area (Å²) >= 11 is 0. The smallest absolute Gasteiger partial charge is 0.309 e. The van der Waals surface area contributed by atoms with Crippen molar-refractivity contribution in [3.8, 4) is 0 Å². The van der Waals surface area contributed by atoms with Crippen LogP contribution in [0, 0.1) is 11.8 Å². The predicted octanol–water partition coefficient (Wildman–Crippen LogP) is 2.06. The van der Waals surface area contributed by atoms with Crippen LogP contribution in [0.3, 0.4) is 0 Å². The van der Waals surface area contributed by atoms with E-state index in [1.54, 1.807) is 0 Å². The first-order chi connectivity index (χ1) is 6.64. The van der Waals surface area contributed by atoms with Crippen LogP contribution in [0.25, 0.3) is 0 Å².